The third kappa shape index (κ3) is 5.98. The molecule has 2 N–H and O–H groups in total. The van der Waals surface area contributed by atoms with Gasteiger partial charge in [0.15, 0.2) is 0 Å². The van der Waals surface area contributed by atoms with Crippen LogP contribution < -0.4 is 10.6 Å². The predicted molar refractivity (Wildman–Crippen MR) is 86.4 cm³/mol. The minimum Gasteiger partial charge on any atom is -0.444 e. The molecule has 0 aromatic heterocycles. The number of ether oxygens (including phenoxy) is 1. The summed E-state index contributed by atoms with van der Waals surface area (Å²) in [5.74, 6) is -0.585. The van der Waals surface area contributed by atoms with Crippen LogP contribution in [0.15, 0.2) is 0 Å². The molecular weight excluding hydrogens is 322 g/mol. The zero-order chi connectivity index (χ0) is 17.8. The van der Waals surface area contributed by atoms with Gasteiger partial charge >= 0.3 is 6.09 Å². The quantitative estimate of drug-likeness (QED) is 0.749. The highest BCUT2D eigenvalue weighted by Gasteiger charge is 2.38. The molecule has 0 saturated carbocycles. The van der Waals surface area contributed by atoms with E-state index in [0.29, 0.717) is 19.4 Å². The first-order chi connectivity index (χ1) is 10.5. The van der Waals surface area contributed by atoms with E-state index in [1.165, 1.54) is 11.4 Å². The van der Waals surface area contributed by atoms with Crippen molar-refractivity contribution in [1.29, 1.82) is 0 Å². The lowest BCUT2D eigenvalue weighted by Crippen LogP contribution is -2.49. The van der Waals surface area contributed by atoms with Crippen molar-refractivity contribution in [3.05, 3.63) is 0 Å². The molecule has 1 fully saturated rings. The van der Waals surface area contributed by atoms with Gasteiger partial charge in [0, 0.05) is 19.6 Å². The molecule has 0 spiro atoms. The Morgan fingerprint density at radius 2 is 1.96 bits per heavy atom. The molecule has 0 aliphatic carbocycles. The van der Waals surface area contributed by atoms with E-state index in [2.05, 4.69) is 10.6 Å². The summed E-state index contributed by atoms with van der Waals surface area (Å²) in [4.78, 5) is 23.5. The number of sulfonamides is 1. The zero-order valence-electron chi connectivity index (χ0n) is 14.4. The van der Waals surface area contributed by atoms with Crippen LogP contribution in [0.1, 0.15) is 40.5 Å². The molecule has 1 heterocycles. The molecule has 0 bridgehead atoms. The highest BCUT2D eigenvalue weighted by molar-refractivity contribution is 7.89. The Balaban J connectivity index is 2.67. The van der Waals surface area contributed by atoms with Gasteiger partial charge in [-0.3, -0.25) is 4.79 Å². The maximum atomic E-state index is 12.5. The van der Waals surface area contributed by atoms with Gasteiger partial charge in [-0.25, -0.2) is 13.2 Å². The van der Waals surface area contributed by atoms with Gasteiger partial charge in [-0.2, -0.15) is 4.31 Å². The Hall–Kier alpha value is -1.35. The lowest BCUT2D eigenvalue weighted by atomic mass is 10.2. The number of likely N-dealkylation sites (N-methyl/N-ethyl adjacent to an activating group) is 1. The van der Waals surface area contributed by atoms with E-state index in [4.69, 9.17) is 4.74 Å². The van der Waals surface area contributed by atoms with Crippen LogP contribution in [-0.4, -0.2) is 61.8 Å². The summed E-state index contributed by atoms with van der Waals surface area (Å²) in [5, 5.41) is 4.99. The molecule has 0 unspecified atom stereocenters. The number of amides is 2. The molecule has 0 radical (unpaired) electrons. The van der Waals surface area contributed by atoms with Crippen molar-refractivity contribution >= 4 is 22.0 Å². The number of carbonyl (C=O) groups is 2. The van der Waals surface area contributed by atoms with Crippen LogP contribution in [0.3, 0.4) is 0 Å². The summed E-state index contributed by atoms with van der Waals surface area (Å²) in [7, 11) is -2.17. The van der Waals surface area contributed by atoms with Gasteiger partial charge in [0.25, 0.3) is 0 Å². The summed E-state index contributed by atoms with van der Waals surface area (Å²) in [6.07, 6.45) is 0.488. The summed E-state index contributed by atoms with van der Waals surface area (Å²) in [6, 6.07) is -1.29. The van der Waals surface area contributed by atoms with Crippen molar-refractivity contribution in [1.82, 2.24) is 14.9 Å². The normalized spacial score (nSPS) is 20.8. The first-order valence-corrected chi connectivity index (χ1v) is 9.28. The van der Waals surface area contributed by atoms with Crippen LogP contribution in [0, 0.1) is 0 Å². The highest BCUT2D eigenvalue weighted by atomic mass is 32.2. The molecule has 2 atom stereocenters. The van der Waals surface area contributed by atoms with Gasteiger partial charge in [0.1, 0.15) is 11.6 Å². The largest absolute Gasteiger partial charge is 0.444 e. The Labute approximate surface area is 138 Å². The van der Waals surface area contributed by atoms with Gasteiger partial charge in [0.2, 0.25) is 15.9 Å². The van der Waals surface area contributed by atoms with Gasteiger partial charge in [-0.15, -0.1) is 0 Å². The Bertz CT molecular complexity index is 541. The van der Waals surface area contributed by atoms with Gasteiger partial charge in [-0.1, -0.05) is 0 Å². The molecule has 1 rings (SSSR count). The van der Waals surface area contributed by atoms with Crippen molar-refractivity contribution in [2.24, 2.45) is 0 Å². The lowest BCUT2D eigenvalue weighted by Gasteiger charge is -2.25. The van der Waals surface area contributed by atoms with Crippen LogP contribution in [0.4, 0.5) is 4.79 Å². The topological polar surface area (TPSA) is 105 Å². The molecule has 2 amide bonds. The second-order valence-corrected chi connectivity index (χ2v) is 8.68. The van der Waals surface area contributed by atoms with Crippen LogP contribution in [-0.2, 0) is 19.6 Å². The van der Waals surface area contributed by atoms with Crippen molar-refractivity contribution < 1.29 is 22.7 Å². The average Bonchev–Trinajstić information content (AvgIpc) is 2.84. The minimum absolute atomic E-state index is 0.278. The third-order valence-electron chi connectivity index (χ3n) is 3.33. The van der Waals surface area contributed by atoms with Crippen molar-refractivity contribution in [2.75, 3.05) is 19.3 Å². The van der Waals surface area contributed by atoms with E-state index in [0.717, 1.165) is 0 Å². The molecule has 23 heavy (non-hydrogen) atoms. The van der Waals surface area contributed by atoms with Crippen LogP contribution >= 0.6 is 0 Å². The van der Waals surface area contributed by atoms with Crippen LogP contribution in [0.25, 0.3) is 0 Å². The summed E-state index contributed by atoms with van der Waals surface area (Å²) in [5.41, 5.74) is -0.651. The maximum absolute atomic E-state index is 12.5. The smallest absolute Gasteiger partial charge is 0.407 e. The second-order valence-electron chi connectivity index (χ2n) is 6.71. The zero-order valence-corrected chi connectivity index (χ0v) is 15.2. The molecule has 1 saturated heterocycles. The fourth-order valence-corrected chi connectivity index (χ4v) is 4.37. The number of rotatable bonds is 5. The van der Waals surface area contributed by atoms with Crippen LogP contribution in [0.5, 0.6) is 0 Å². The number of alkyl carbamates (subject to hydrolysis) is 1. The predicted octanol–water partition coefficient (Wildman–Crippen LogP) is 0.440. The van der Waals surface area contributed by atoms with Gasteiger partial charge in [0.05, 0.1) is 5.75 Å². The Kier molecular flexibility index (Phi) is 6.41. The average molecular weight is 349 g/mol. The van der Waals surface area contributed by atoms with Crippen molar-refractivity contribution in [3.63, 3.8) is 0 Å². The van der Waals surface area contributed by atoms with E-state index < -0.39 is 33.8 Å². The molecule has 0 aromatic carbocycles. The van der Waals surface area contributed by atoms with Gasteiger partial charge in [-0.05, 0) is 40.5 Å². The van der Waals surface area contributed by atoms with Gasteiger partial charge < -0.3 is 15.4 Å². The van der Waals surface area contributed by atoms with Crippen molar-refractivity contribution in [3.8, 4) is 0 Å². The fourth-order valence-electron chi connectivity index (χ4n) is 2.46. The molecular formula is C14H27N3O5S. The SMILES string of the molecule is CNC(=O)[C@@H]1CCCN1S(=O)(=O)C[C@H](C)NC(=O)OC(C)(C)C. The molecule has 8 nitrogen and oxygen atoms in total. The van der Waals surface area contributed by atoms with E-state index >= 15 is 0 Å². The number of nitrogens with zero attached hydrogens (tertiary/aromatic N) is 1. The number of nitrogens with one attached hydrogen (secondary N) is 2. The summed E-state index contributed by atoms with van der Waals surface area (Å²) < 4.78 is 31.3. The first kappa shape index (κ1) is 19.7. The molecule has 0 aromatic rings. The molecule has 1 aliphatic rings. The number of carbonyl (C=O) groups excluding carboxylic acids is 2. The summed E-state index contributed by atoms with van der Waals surface area (Å²) >= 11 is 0. The van der Waals surface area contributed by atoms with Crippen molar-refractivity contribution in [2.45, 2.75) is 58.2 Å². The number of hydrogen-bond acceptors (Lipinski definition) is 5. The summed E-state index contributed by atoms with van der Waals surface area (Å²) in [6.45, 7) is 7.09. The number of hydrogen-bond donors (Lipinski definition) is 2. The fraction of sp³-hybridized carbons (Fsp3) is 0.857. The molecule has 1 aliphatic heterocycles. The second kappa shape index (κ2) is 7.48. The van der Waals surface area contributed by atoms with E-state index in [1.807, 2.05) is 0 Å². The Morgan fingerprint density at radius 3 is 2.48 bits per heavy atom. The highest BCUT2D eigenvalue weighted by Crippen LogP contribution is 2.22. The molecule has 9 heteroatoms. The van der Waals surface area contributed by atoms with Crippen LogP contribution in [0.2, 0.25) is 0 Å². The molecule has 134 valence electrons. The van der Waals surface area contributed by atoms with E-state index in [9.17, 15) is 18.0 Å². The lowest BCUT2D eigenvalue weighted by molar-refractivity contribution is -0.123. The Morgan fingerprint density at radius 1 is 1.35 bits per heavy atom. The van der Waals surface area contributed by atoms with E-state index in [-0.39, 0.29) is 11.7 Å². The standard InChI is InChI=1S/C14H27N3O5S/c1-10(16-13(19)22-14(2,3)4)9-23(20,21)17-8-6-7-11(17)12(18)15-5/h10-11H,6-9H2,1-5H3,(H,15,18)(H,16,19)/t10-,11-/m0/s1. The first-order valence-electron chi connectivity index (χ1n) is 7.67. The minimum atomic E-state index is -3.65. The monoisotopic (exact) mass is 349 g/mol. The third-order valence-corrected chi connectivity index (χ3v) is 5.41. The van der Waals surface area contributed by atoms with E-state index in [1.54, 1.807) is 27.7 Å². The maximum Gasteiger partial charge on any atom is 0.407 e.